The molecule has 0 atom stereocenters. The van der Waals surface area contributed by atoms with Crippen LogP contribution in [0.5, 0.6) is 0 Å². The van der Waals surface area contributed by atoms with Crippen LogP contribution in [0.15, 0.2) is 36.4 Å². The van der Waals surface area contributed by atoms with Crippen molar-refractivity contribution in [3.8, 4) is 0 Å². The third-order valence-corrected chi connectivity index (χ3v) is 6.49. The first-order chi connectivity index (χ1) is 9.14. The molecule has 0 N–H and O–H groups in total. The summed E-state index contributed by atoms with van der Waals surface area (Å²) in [6.07, 6.45) is 0. The average molecular weight is 438 g/mol. The normalized spacial score (nSPS) is 10.6. The zero-order valence-electron chi connectivity index (χ0n) is 15.6. The topological polar surface area (TPSA) is 0 Å². The Morgan fingerprint density at radius 3 is 1.71 bits per heavy atom. The third kappa shape index (κ3) is 5.97. The molecule has 0 bridgehead atoms. The summed E-state index contributed by atoms with van der Waals surface area (Å²) in [6, 6.07) is 13.7. The Morgan fingerprint density at radius 2 is 1.33 bits per heavy atom. The number of hydrogen-bond donors (Lipinski definition) is 0. The molecular weight excluding hydrogens is 411 g/mol. The number of aryl methyl sites for hydroxylation is 2. The van der Waals surface area contributed by atoms with Crippen molar-refractivity contribution in [2.45, 2.75) is 52.8 Å². The van der Waals surface area contributed by atoms with E-state index in [9.17, 15) is 0 Å². The van der Waals surface area contributed by atoms with Crippen molar-refractivity contribution in [3.63, 3.8) is 0 Å². The second kappa shape index (κ2) is 10.5. The van der Waals surface area contributed by atoms with E-state index in [1.165, 1.54) is 22.3 Å². The number of halogens is 3. The van der Waals surface area contributed by atoms with Gasteiger partial charge in [-0.25, -0.2) is 11.3 Å². The molecule has 0 heterocycles. The Labute approximate surface area is 182 Å². The van der Waals surface area contributed by atoms with Gasteiger partial charge in [-0.3, -0.25) is 0 Å². The van der Waals surface area contributed by atoms with Gasteiger partial charge in [-0.1, -0.05) is 51.7 Å². The standard InChI is InChI=1S/C19H27Si.3ClH.Ti/c1-14-9-8-10-15(2)18(14)19(3,4)16-11-12-17(13-16)20(5,6)7;;;;/h8-13H,1-7H3;3*1H;/q-1;;;;+4/p-3. The molecule has 2 aromatic carbocycles. The van der Waals surface area contributed by atoms with Crippen LogP contribution in [-0.4, -0.2) is 8.07 Å². The summed E-state index contributed by atoms with van der Waals surface area (Å²) >= 11 is 0. The predicted molar refractivity (Wildman–Crippen MR) is 93.1 cm³/mol. The Bertz CT molecular complexity index is 608. The van der Waals surface area contributed by atoms with Crippen molar-refractivity contribution in [2.24, 2.45) is 0 Å². The quantitative estimate of drug-likeness (QED) is 0.338. The third-order valence-electron chi connectivity index (χ3n) is 4.45. The number of benzene rings is 1. The Morgan fingerprint density at radius 1 is 0.875 bits per heavy atom. The van der Waals surface area contributed by atoms with Gasteiger partial charge < -0.3 is 37.2 Å². The van der Waals surface area contributed by atoms with Crippen molar-refractivity contribution in [2.75, 3.05) is 0 Å². The van der Waals surface area contributed by atoms with Crippen molar-refractivity contribution in [3.05, 3.63) is 58.7 Å². The molecule has 0 aliphatic carbocycles. The van der Waals surface area contributed by atoms with Gasteiger partial charge in [0, 0.05) is 8.07 Å². The summed E-state index contributed by atoms with van der Waals surface area (Å²) in [5.74, 6) is 0. The molecule has 0 aromatic heterocycles. The van der Waals surface area contributed by atoms with E-state index in [1.807, 2.05) is 0 Å². The zero-order valence-corrected chi connectivity index (χ0v) is 20.4. The van der Waals surface area contributed by atoms with Crippen LogP contribution in [0.4, 0.5) is 0 Å². The van der Waals surface area contributed by atoms with Crippen molar-refractivity contribution in [1.29, 1.82) is 0 Å². The monoisotopic (exact) mass is 436 g/mol. The molecule has 2 aromatic rings. The first kappa shape index (κ1) is 29.1. The van der Waals surface area contributed by atoms with Gasteiger partial charge in [-0.05, 0) is 36.0 Å². The van der Waals surface area contributed by atoms with Crippen molar-refractivity contribution < 1.29 is 58.9 Å². The number of hydrogen-bond acceptors (Lipinski definition) is 0. The van der Waals surface area contributed by atoms with Gasteiger partial charge in [-0.15, -0.1) is 5.56 Å². The minimum atomic E-state index is -1.22. The first-order valence-corrected chi connectivity index (χ1v) is 11.0. The largest absolute Gasteiger partial charge is 4.00 e. The molecule has 2 rings (SSSR count). The molecule has 0 spiro atoms. The van der Waals surface area contributed by atoms with E-state index in [1.54, 1.807) is 5.19 Å². The van der Waals surface area contributed by atoms with Crippen LogP contribution in [0.25, 0.3) is 0 Å². The zero-order chi connectivity index (χ0) is 15.1. The maximum atomic E-state index is 2.44. The van der Waals surface area contributed by atoms with E-state index >= 15 is 0 Å². The summed E-state index contributed by atoms with van der Waals surface area (Å²) in [6.45, 7) is 16.4. The van der Waals surface area contributed by atoms with E-state index in [0.717, 1.165) is 0 Å². The van der Waals surface area contributed by atoms with Crippen molar-refractivity contribution in [1.82, 2.24) is 0 Å². The van der Waals surface area contributed by atoms with Crippen LogP contribution >= 0.6 is 0 Å². The fourth-order valence-electron chi connectivity index (χ4n) is 3.24. The maximum absolute atomic E-state index is 2.44. The van der Waals surface area contributed by atoms with Gasteiger partial charge >= 0.3 is 21.7 Å². The summed E-state index contributed by atoms with van der Waals surface area (Å²) in [5, 5.41) is 1.56. The Kier molecular flexibility index (Phi) is 12.8. The van der Waals surface area contributed by atoms with Gasteiger partial charge in [0.05, 0.1) is 0 Å². The maximum Gasteiger partial charge on any atom is 4.00 e. The molecule has 132 valence electrons. The average Bonchev–Trinajstić information content (AvgIpc) is 2.77. The van der Waals surface area contributed by atoms with Crippen LogP contribution in [0, 0.1) is 13.8 Å². The van der Waals surface area contributed by atoms with Crippen LogP contribution in [0.2, 0.25) is 19.6 Å². The van der Waals surface area contributed by atoms with Gasteiger partial charge in [0.25, 0.3) is 0 Å². The smallest absolute Gasteiger partial charge is 1.00 e. The minimum absolute atomic E-state index is 0. The van der Waals surface area contributed by atoms with Gasteiger partial charge in [0.15, 0.2) is 0 Å². The molecule has 0 radical (unpaired) electrons. The summed E-state index contributed by atoms with van der Waals surface area (Å²) in [5.41, 5.74) is 5.80. The molecule has 0 aliphatic heterocycles. The molecule has 0 fully saturated rings. The molecule has 0 nitrogen and oxygen atoms in total. The van der Waals surface area contributed by atoms with Crippen LogP contribution in [-0.2, 0) is 27.1 Å². The first-order valence-electron chi connectivity index (χ1n) is 7.48. The van der Waals surface area contributed by atoms with Crippen LogP contribution in [0.3, 0.4) is 0 Å². The summed E-state index contributed by atoms with van der Waals surface area (Å²) in [7, 11) is -1.22. The van der Waals surface area contributed by atoms with Crippen LogP contribution < -0.4 is 42.4 Å². The Balaban J connectivity index is -0.00000110. The summed E-state index contributed by atoms with van der Waals surface area (Å²) in [4.78, 5) is 0. The second-order valence-corrected chi connectivity index (χ2v) is 12.6. The second-order valence-electron chi connectivity index (χ2n) is 7.53. The van der Waals surface area contributed by atoms with Gasteiger partial charge in [-0.2, -0.15) is 12.1 Å². The fourth-order valence-corrected chi connectivity index (χ4v) is 4.42. The molecular formula is C19H27Cl3SiTi. The van der Waals surface area contributed by atoms with E-state index < -0.39 is 8.07 Å². The minimum Gasteiger partial charge on any atom is -1.00 e. The fraction of sp³-hybridized carbons (Fsp3) is 0.421. The molecule has 5 heteroatoms. The molecule has 0 saturated heterocycles. The number of rotatable bonds is 3. The summed E-state index contributed by atoms with van der Waals surface area (Å²) < 4.78 is 0. The van der Waals surface area contributed by atoms with E-state index in [-0.39, 0.29) is 64.4 Å². The molecule has 0 saturated carbocycles. The molecule has 24 heavy (non-hydrogen) atoms. The van der Waals surface area contributed by atoms with E-state index in [4.69, 9.17) is 0 Å². The Hall–Kier alpha value is 0.371. The molecule has 0 amide bonds. The van der Waals surface area contributed by atoms with Crippen molar-refractivity contribution >= 4 is 13.3 Å². The predicted octanol–water partition coefficient (Wildman–Crippen LogP) is -4.10. The van der Waals surface area contributed by atoms with E-state index in [2.05, 4.69) is 83.7 Å². The van der Waals surface area contributed by atoms with E-state index in [0.29, 0.717) is 0 Å². The molecule has 0 unspecified atom stereocenters. The van der Waals surface area contributed by atoms with Gasteiger partial charge in [0.2, 0.25) is 0 Å². The van der Waals surface area contributed by atoms with Gasteiger partial charge in [0.1, 0.15) is 0 Å². The SMILES string of the molecule is Cc1cccc(C)c1C(C)(C)[c-]1ccc([Si](C)(C)C)c1.[Cl-].[Cl-].[Cl-].[Ti+4]. The molecule has 0 aliphatic rings. The van der Waals surface area contributed by atoms with Crippen LogP contribution in [0.1, 0.15) is 36.1 Å².